The quantitative estimate of drug-likeness (QED) is 0.813. The molecule has 2 unspecified atom stereocenters. The van der Waals surface area contributed by atoms with Crippen molar-refractivity contribution >= 4 is 29.1 Å². The predicted molar refractivity (Wildman–Crippen MR) is 78.3 cm³/mol. The molecule has 0 saturated carbocycles. The van der Waals surface area contributed by atoms with Crippen molar-refractivity contribution in [1.82, 2.24) is 4.90 Å². The van der Waals surface area contributed by atoms with Gasteiger partial charge in [0.05, 0.1) is 16.6 Å². The molecule has 2 rings (SSSR count). The van der Waals surface area contributed by atoms with Crippen molar-refractivity contribution in [2.75, 3.05) is 12.3 Å². The first-order valence-corrected chi connectivity index (χ1v) is 6.93. The van der Waals surface area contributed by atoms with E-state index in [1.807, 2.05) is 6.92 Å². The lowest BCUT2D eigenvalue weighted by Crippen LogP contribution is -2.48. The van der Waals surface area contributed by atoms with E-state index in [4.69, 9.17) is 23.1 Å². The van der Waals surface area contributed by atoms with Crippen LogP contribution in [0.4, 0.5) is 5.69 Å². The standard InChI is InChI=1S/C14H18ClN3O2/c1-8-2-3-10(13(17)19)7-18(8)14(20)9-4-5-11(15)12(16)6-9/h4-6,8,10H,2-3,7,16H2,1H3,(H2,17,19). The molecular weight excluding hydrogens is 278 g/mol. The van der Waals surface area contributed by atoms with Crippen molar-refractivity contribution in [1.29, 1.82) is 0 Å². The second kappa shape index (κ2) is 5.71. The Morgan fingerprint density at radius 3 is 2.65 bits per heavy atom. The highest BCUT2D eigenvalue weighted by molar-refractivity contribution is 6.33. The normalized spacial score (nSPS) is 22.6. The van der Waals surface area contributed by atoms with E-state index >= 15 is 0 Å². The first kappa shape index (κ1) is 14.7. The minimum atomic E-state index is -0.356. The van der Waals surface area contributed by atoms with Gasteiger partial charge >= 0.3 is 0 Å². The molecule has 1 saturated heterocycles. The maximum Gasteiger partial charge on any atom is 0.254 e. The third-order valence-electron chi connectivity index (χ3n) is 3.79. The van der Waals surface area contributed by atoms with Crippen LogP contribution in [0.3, 0.4) is 0 Å². The Morgan fingerprint density at radius 2 is 2.05 bits per heavy atom. The number of benzene rings is 1. The smallest absolute Gasteiger partial charge is 0.254 e. The molecule has 1 aliphatic rings. The van der Waals surface area contributed by atoms with Crippen molar-refractivity contribution in [2.45, 2.75) is 25.8 Å². The number of piperidine rings is 1. The Labute approximate surface area is 122 Å². The highest BCUT2D eigenvalue weighted by atomic mass is 35.5. The molecule has 1 aromatic carbocycles. The molecule has 1 aromatic rings. The molecule has 1 fully saturated rings. The Kier molecular flexibility index (Phi) is 4.18. The van der Waals surface area contributed by atoms with Crippen LogP contribution in [0.2, 0.25) is 5.02 Å². The molecule has 1 aliphatic heterocycles. The van der Waals surface area contributed by atoms with Crippen molar-refractivity contribution in [2.24, 2.45) is 11.7 Å². The van der Waals surface area contributed by atoms with Gasteiger partial charge in [-0.25, -0.2) is 0 Å². The highest BCUT2D eigenvalue weighted by Crippen LogP contribution is 2.25. The third-order valence-corrected chi connectivity index (χ3v) is 4.13. The lowest BCUT2D eigenvalue weighted by molar-refractivity contribution is -0.123. The van der Waals surface area contributed by atoms with Gasteiger partial charge in [0.15, 0.2) is 0 Å². The van der Waals surface area contributed by atoms with Crippen LogP contribution in [0.15, 0.2) is 18.2 Å². The molecule has 5 nitrogen and oxygen atoms in total. The van der Waals surface area contributed by atoms with E-state index in [0.717, 1.165) is 12.8 Å². The Morgan fingerprint density at radius 1 is 1.35 bits per heavy atom. The molecule has 0 bridgehead atoms. The van der Waals surface area contributed by atoms with Gasteiger partial charge in [0, 0.05) is 18.2 Å². The topological polar surface area (TPSA) is 89.4 Å². The zero-order valence-corrected chi connectivity index (χ0v) is 12.1. The van der Waals surface area contributed by atoms with Crippen LogP contribution in [0.25, 0.3) is 0 Å². The molecule has 4 N–H and O–H groups in total. The number of likely N-dealkylation sites (tertiary alicyclic amines) is 1. The van der Waals surface area contributed by atoms with Crippen molar-refractivity contribution < 1.29 is 9.59 Å². The number of nitrogen functional groups attached to an aromatic ring is 1. The van der Waals surface area contributed by atoms with Crippen molar-refractivity contribution in [3.05, 3.63) is 28.8 Å². The third kappa shape index (κ3) is 2.88. The van der Waals surface area contributed by atoms with E-state index in [-0.39, 0.29) is 23.8 Å². The Bertz CT molecular complexity index is 547. The molecule has 1 heterocycles. The maximum absolute atomic E-state index is 12.5. The molecule has 0 aliphatic carbocycles. The number of halogens is 1. The average molecular weight is 296 g/mol. The minimum absolute atomic E-state index is 0.0787. The summed E-state index contributed by atoms with van der Waals surface area (Å²) in [5, 5.41) is 0.420. The molecular formula is C14H18ClN3O2. The second-order valence-corrected chi connectivity index (χ2v) is 5.63. The van der Waals surface area contributed by atoms with Gasteiger partial charge in [-0.15, -0.1) is 0 Å². The lowest BCUT2D eigenvalue weighted by atomic mass is 9.92. The average Bonchev–Trinajstić information content (AvgIpc) is 2.41. The number of primary amides is 1. The molecule has 0 spiro atoms. The van der Waals surface area contributed by atoms with Crippen LogP contribution < -0.4 is 11.5 Å². The summed E-state index contributed by atoms with van der Waals surface area (Å²) in [6.07, 6.45) is 1.49. The van der Waals surface area contributed by atoms with Crippen LogP contribution in [0.5, 0.6) is 0 Å². The number of carbonyl (C=O) groups is 2. The van der Waals surface area contributed by atoms with Crippen molar-refractivity contribution in [3.63, 3.8) is 0 Å². The fraction of sp³-hybridized carbons (Fsp3) is 0.429. The molecule has 2 amide bonds. The monoisotopic (exact) mass is 295 g/mol. The minimum Gasteiger partial charge on any atom is -0.398 e. The maximum atomic E-state index is 12.5. The molecule has 108 valence electrons. The molecule has 0 radical (unpaired) electrons. The molecule has 6 heteroatoms. The molecule has 20 heavy (non-hydrogen) atoms. The van der Waals surface area contributed by atoms with Crippen LogP contribution in [-0.4, -0.2) is 29.3 Å². The number of carbonyl (C=O) groups excluding carboxylic acids is 2. The van der Waals surface area contributed by atoms with Gasteiger partial charge in [-0.3, -0.25) is 9.59 Å². The summed E-state index contributed by atoms with van der Waals surface area (Å²) < 4.78 is 0. The van der Waals surface area contributed by atoms with Gasteiger partial charge in [0.1, 0.15) is 0 Å². The SMILES string of the molecule is CC1CCC(C(N)=O)CN1C(=O)c1ccc(Cl)c(N)c1. The van der Waals surface area contributed by atoms with Crippen LogP contribution in [0.1, 0.15) is 30.1 Å². The van der Waals surface area contributed by atoms with Crippen LogP contribution >= 0.6 is 11.6 Å². The van der Waals surface area contributed by atoms with Crippen molar-refractivity contribution in [3.8, 4) is 0 Å². The number of nitrogens with two attached hydrogens (primary N) is 2. The predicted octanol–water partition coefficient (Wildman–Crippen LogP) is 1.65. The number of amides is 2. The van der Waals surface area contributed by atoms with Gasteiger partial charge in [0.25, 0.3) is 5.91 Å². The highest BCUT2D eigenvalue weighted by Gasteiger charge is 2.32. The fourth-order valence-electron chi connectivity index (χ4n) is 2.46. The van der Waals surface area contributed by atoms with E-state index in [0.29, 0.717) is 22.8 Å². The fourth-order valence-corrected chi connectivity index (χ4v) is 2.58. The van der Waals surface area contributed by atoms with Gasteiger partial charge in [-0.1, -0.05) is 11.6 Å². The summed E-state index contributed by atoms with van der Waals surface area (Å²) >= 11 is 5.85. The number of nitrogens with zero attached hydrogens (tertiary/aromatic N) is 1. The summed E-state index contributed by atoms with van der Waals surface area (Å²) in [7, 11) is 0. The zero-order valence-electron chi connectivity index (χ0n) is 11.3. The van der Waals surface area contributed by atoms with E-state index in [9.17, 15) is 9.59 Å². The number of hydrogen-bond donors (Lipinski definition) is 2. The Balaban J connectivity index is 2.21. The van der Waals surface area contributed by atoms with Gasteiger partial charge in [-0.05, 0) is 38.0 Å². The van der Waals surface area contributed by atoms with E-state index in [1.54, 1.807) is 23.1 Å². The summed E-state index contributed by atoms with van der Waals surface area (Å²) in [5.41, 5.74) is 11.9. The van der Waals surface area contributed by atoms with Gasteiger partial charge in [-0.2, -0.15) is 0 Å². The molecule has 2 atom stereocenters. The number of rotatable bonds is 2. The summed E-state index contributed by atoms with van der Waals surface area (Å²) in [5.74, 6) is -0.781. The van der Waals surface area contributed by atoms with E-state index < -0.39 is 0 Å². The number of hydrogen-bond acceptors (Lipinski definition) is 3. The second-order valence-electron chi connectivity index (χ2n) is 5.22. The van der Waals surface area contributed by atoms with Gasteiger partial charge in [0.2, 0.25) is 5.91 Å². The first-order chi connectivity index (χ1) is 9.40. The lowest BCUT2D eigenvalue weighted by Gasteiger charge is -2.37. The van der Waals surface area contributed by atoms with E-state index in [1.165, 1.54) is 0 Å². The first-order valence-electron chi connectivity index (χ1n) is 6.55. The van der Waals surface area contributed by atoms with Crippen LogP contribution in [-0.2, 0) is 4.79 Å². The Hall–Kier alpha value is -1.75. The summed E-state index contributed by atoms with van der Waals surface area (Å²) in [4.78, 5) is 25.5. The summed E-state index contributed by atoms with van der Waals surface area (Å²) in [6, 6.07) is 4.88. The van der Waals surface area contributed by atoms with Gasteiger partial charge < -0.3 is 16.4 Å². The molecule has 0 aromatic heterocycles. The largest absolute Gasteiger partial charge is 0.398 e. The van der Waals surface area contributed by atoms with Crippen LogP contribution in [0, 0.1) is 5.92 Å². The van der Waals surface area contributed by atoms with E-state index in [2.05, 4.69) is 0 Å². The zero-order chi connectivity index (χ0) is 14.9. The summed E-state index contributed by atoms with van der Waals surface area (Å²) in [6.45, 7) is 2.33. The number of anilines is 1.